The maximum absolute atomic E-state index is 6.22. The Morgan fingerprint density at radius 1 is 1.16 bits per heavy atom. The Kier molecular flexibility index (Phi) is 3.50. The van der Waals surface area contributed by atoms with E-state index >= 15 is 0 Å². The summed E-state index contributed by atoms with van der Waals surface area (Å²) in [4.78, 5) is 4.55. The van der Waals surface area contributed by atoms with Gasteiger partial charge in [0.1, 0.15) is 10.7 Å². The van der Waals surface area contributed by atoms with Gasteiger partial charge in [-0.05, 0) is 33.6 Å². The molecule has 1 atom stereocenters. The van der Waals surface area contributed by atoms with Crippen LogP contribution in [0.3, 0.4) is 0 Å². The lowest BCUT2D eigenvalue weighted by Crippen LogP contribution is -2.11. The van der Waals surface area contributed by atoms with E-state index in [1.807, 2.05) is 47.8 Å². The van der Waals surface area contributed by atoms with Crippen molar-refractivity contribution in [3.63, 3.8) is 0 Å². The summed E-state index contributed by atoms with van der Waals surface area (Å²) in [5, 5.41) is 2.84. The van der Waals surface area contributed by atoms with Gasteiger partial charge in [-0.25, -0.2) is 4.98 Å². The third-order valence-electron chi connectivity index (χ3n) is 2.77. The molecular formula is C14H11BrN2OS. The Hall–Kier alpha value is -1.43. The monoisotopic (exact) mass is 334 g/mol. The SMILES string of the molecule is NC(c1ccccc1)c1nc(-c2ccc(Br)o2)cs1. The van der Waals surface area contributed by atoms with Gasteiger partial charge in [0.25, 0.3) is 0 Å². The van der Waals surface area contributed by atoms with Crippen molar-refractivity contribution in [2.24, 2.45) is 5.73 Å². The molecule has 3 rings (SSSR count). The summed E-state index contributed by atoms with van der Waals surface area (Å²) in [6, 6.07) is 13.5. The summed E-state index contributed by atoms with van der Waals surface area (Å²) in [6.45, 7) is 0. The van der Waals surface area contributed by atoms with Gasteiger partial charge in [0.2, 0.25) is 0 Å². The van der Waals surface area contributed by atoms with Gasteiger partial charge in [0.15, 0.2) is 10.4 Å². The van der Waals surface area contributed by atoms with Crippen LogP contribution in [-0.4, -0.2) is 4.98 Å². The highest BCUT2D eigenvalue weighted by Gasteiger charge is 2.15. The fourth-order valence-corrected chi connectivity index (χ4v) is 2.94. The molecule has 0 aliphatic heterocycles. The van der Waals surface area contributed by atoms with Crippen LogP contribution in [0.15, 0.2) is 56.9 Å². The summed E-state index contributed by atoms with van der Waals surface area (Å²) in [7, 11) is 0. The average molecular weight is 335 g/mol. The first kappa shape index (κ1) is 12.6. The highest BCUT2D eigenvalue weighted by molar-refractivity contribution is 9.10. The maximum Gasteiger partial charge on any atom is 0.169 e. The van der Waals surface area contributed by atoms with Crippen LogP contribution in [0.5, 0.6) is 0 Å². The summed E-state index contributed by atoms with van der Waals surface area (Å²) in [5.41, 5.74) is 8.10. The van der Waals surface area contributed by atoms with Gasteiger partial charge in [-0.2, -0.15) is 0 Å². The molecule has 2 N–H and O–H groups in total. The Morgan fingerprint density at radius 3 is 2.63 bits per heavy atom. The van der Waals surface area contributed by atoms with Crippen molar-refractivity contribution in [1.29, 1.82) is 0 Å². The van der Waals surface area contributed by atoms with Gasteiger partial charge in [-0.15, -0.1) is 11.3 Å². The van der Waals surface area contributed by atoms with Gasteiger partial charge in [0, 0.05) is 5.38 Å². The second-order valence-corrected chi connectivity index (χ2v) is 5.73. The highest BCUT2D eigenvalue weighted by Crippen LogP contribution is 2.29. The zero-order valence-electron chi connectivity index (χ0n) is 9.92. The van der Waals surface area contributed by atoms with E-state index in [-0.39, 0.29) is 6.04 Å². The van der Waals surface area contributed by atoms with E-state index in [4.69, 9.17) is 10.2 Å². The molecule has 0 aliphatic rings. The summed E-state index contributed by atoms with van der Waals surface area (Å²) in [6.07, 6.45) is 0. The largest absolute Gasteiger partial charge is 0.448 e. The van der Waals surface area contributed by atoms with Crippen LogP contribution in [0.2, 0.25) is 0 Å². The number of benzene rings is 1. The van der Waals surface area contributed by atoms with Crippen LogP contribution in [0.25, 0.3) is 11.5 Å². The second-order valence-electron chi connectivity index (χ2n) is 4.06. The van der Waals surface area contributed by atoms with Crippen molar-refractivity contribution in [1.82, 2.24) is 4.98 Å². The number of thiazole rings is 1. The lowest BCUT2D eigenvalue weighted by atomic mass is 10.1. The summed E-state index contributed by atoms with van der Waals surface area (Å²) >= 11 is 4.83. The van der Waals surface area contributed by atoms with Gasteiger partial charge >= 0.3 is 0 Å². The lowest BCUT2D eigenvalue weighted by molar-refractivity contribution is 0.554. The minimum Gasteiger partial charge on any atom is -0.448 e. The number of nitrogens with two attached hydrogens (primary N) is 1. The molecule has 2 aromatic heterocycles. The highest BCUT2D eigenvalue weighted by atomic mass is 79.9. The van der Waals surface area contributed by atoms with Crippen molar-refractivity contribution in [2.75, 3.05) is 0 Å². The number of furan rings is 1. The minimum atomic E-state index is -0.196. The van der Waals surface area contributed by atoms with Gasteiger partial charge < -0.3 is 10.2 Å². The van der Waals surface area contributed by atoms with Crippen LogP contribution in [0, 0.1) is 0 Å². The van der Waals surface area contributed by atoms with E-state index in [1.165, 1.54) is 0 Å². The zero-order chi connectivity index (χ0) is 13.2. The summed E-state index contributed by atoms with van der Waals surface area (Å²) in [5.74, 6) is 0.745. The molecule has 0 amide bonds. The molecule has 5 heteroatoms. The van der Waals surface area contributed by atoms with Gasteiger partial charge in [-0.3, -0.25) is 0 Å². The quantitative estimate of drug-likeness (QED) is 0.780. The smallest absolute Gasteiger partial charge is 0.169 e. The lowest BCUT2D eigenvalue weighted by Gasteiger charge is -2.07. The number of halogens is 1. The molecule has 0 saturated heterocycles. The Labute approximate surface area is 123 Å². The molecule has 2 heterocycles. The number of rotatable bonds is 3. The second kappa shape index (κ2) is 5.28. The van der Waals surface area contributed by atoms with E-state index in [0.717, 1.165) is 22.0 Å². The fraction of sp³-hybridized carbons (Fsp3) is 0.0714. The molecule has 19 heavy (non-hydrogen) atoms. The van der Waals surface area contributed by atoms with Gasteiger partial charge in [0.05, 0.1) is 6.04 Å². The van der Waals surface area contributed by atoms with E-state index in [9.17, 15) is 0 Å². The van der Waals surface area contributed by atoms with Crippen molar-refractivity contribution < 1.29 is 4.42 Å². The normalized spacial score (nSPS) is 12.5. The van der Waals surface area contributed by atoms with Crippen molar-refractivity contribution in [3.8, 4) is 11.5 Å². The third-order valence-corrected chi connectivity index (χ3v) is 4.13. The molecule has 96 valence electrons. The van der Waals surface area contributed by atoms with Crippen molar-refractivity contribution in [2.45, 2.75) is 6.04 Å². The van der Waals surface area contributed by atoms with E-state index < -0.39 is 0 Å². The fourth-order valence-electron chi connectivity index (χ4n) is 1.80. The number of nitrogens with zero attached hydrogens (tertiary/aromatic N) is 1. The molecule has 0 bridgehead atoms. The molecule has 0 spiro atoms. The molecule has 3 aromatic rings. The van der Waals surface area contributed by atoms with Crippen molar-refractivity contribution >= 4 is 27.3 Å². The predicted molar refractivity (Wildman–Crippen MR) is 80.0 cm³/mol. The maximum atomic E-state index is 6.22. The topological polar surface area (TPSA) is 52.0 Å². The molecule has 1 aromatic carbocycles. The Morgan fingerprint density at radius 2 is 1.95 bits per heavy atom. The van der Waals surface area contributed by atoms with Crippen LogP contribution in [0.1, 0.15) is 16.6 Å². The predicted octanol–water partition coefficient (Wildman–Crippen LogP) is 4.21. The average Bonchev–Trinajstić information content (AvgIpc) is 3.07. The van der Waals surface area contributed by atoms with Crippen LogP contribution in [0.4, 0.5) is 0 Å². The first-order valence-electron chi connectivity index (χ1n) is 5.75. The first-order chi connectivity index (χ1) is 9.24. The van der Waals surface area contributed by atoms with Crippen LogP contribution >= 0.6 is 27.3 Å². The third kappa shape index (κ3) is 2.63. The van der Waals surface area contributed by atoms with E-state index in [0.29, 0.717) is 4.67 Å². The van der Waals surface area contributed by atoms with Crippen LogP contribution < -0.4 is 5.73 Å². The molecule has 0 fully saturated rings. The number of aromatic nitrogens is 1. The standard InChI is InChI=1S/C14H11BrN2OS/c15-12-7-6-11(18-12)10-8-19-14(17-10)13(16)9-4-2-1-3-5-9/h1-8,13H,16H2. The molecule has 1 unspecified atom stereocenters. The Bertz CT molecular complexity index is 678. The molecule has 0 saturated carbocycles. The van der Waals surface area contributed by atoms with Gasteiger partial charge in [-0.1, -0.05) is 30.3 Å². The molecule has 0 radical (unpaired) electrons. The Balaban J connectivity index is 1.89. The van der Waals surface area contributed by atoms with Crippen molar-refractivity contribution in [3.05, 3.63) is 63.1 Å². The molecular weight excluding hydrogens is 324 g/mol. The molecule has 0 aliphatic carbocycles. The van der Waals surface area contributed by atoms with Crippen LogP contribution in [-0.2, 0) is 0 Å². The molecule has 3 nitrogen and oxygen atoms in total. The van der Waals surface area contributed by atoms with E-state index in [2.05, 4.69) is 20.9 Å². The first-order valence-corrected chi connectivity index (χ1v) is 7.43. The minimum absolute atomic E-state index is 0.196. The van der Waals surface area contributed by atoms with E-state index in [1.54, 1.807) is 11.3 Å². The zero-order valence-corrected chi connectivity index (χ0v) is 12.3. The number of hydrogen-bond acceptors (Lipinski definition) is 4. The number of hydrogen-bond donors (Lipinski definition) is 1. The summed E-state index contributed by atoms with van der Waals surface area (Å²) < 4.78 is 6.19.